The molecule has 0 saturated heterocycles. The lowest BCUT2D eigenvalue weighted by atomic mass is 10.3. The Kier molecular flexibility index (Phi) is 3.62. The molecule has 1 aromatic heterocycles. The summed E-state index contributed by atoms with van der Waals surface area (Å²) >= 11 is 0.839. The Labute approximate surface area is 95.1 Å². The topological polar surface area (TPSA) is 109 Å². The molecule has 0 fully saturated rings. The first-order chi connectivity index (χ1) is 7.41. The number of aromatic carboxylic acids is 1. The number of primary amides is 1. The van der Waals surface area contributed by atoms with Crippen molar-refractivity contribution in [2.75, 3.05) is 0 Å². The summed E-state index contributed by atoms with van der Waals surface area (Å²) in [4.78, 5) is 33.1. The summed E-state index contributed by atoms with van der Waals surface area (Å²) in [5.74, 6) is -2.25. The van der Waals surface area contributed by atoms with E-state index in [0.29, 0.717) is 0 Å². The van der Waals surface area contributed by atoms with Gasteiger partial charge in [-0.1, -0.05) is 0 Å². The van der Waals surface area contributed by atoms with Crippen molar-refractivity contribution < 1.29 is 19.5 Å². The highest BCUT2D eigenvalue weighted by atomic mass is 32.1. The van der Waals surface area contributed by atoms with E-state index in [1.54, 1.807) is 0 Å². The number of hydrogen-bond acceptors (Lipinski definition) is 4. The summed E-state index contributed by atoms with van der Waals surface area (Å²) in [7, 11) is 0. The maximum absolute atomic E-state index is 11.5. The van der Waals surface area contributed by atoms with Crippen LogP contribution in [0.3, 0.4) is 0 Å². The standard InChI is InChI=1S/C9H10N2O4S/c1-4(7(10)12)11-8(13)5-2-3-6(16-5)9(14)15/h2-4H,1H3,(H2,10,12)(H,11,13)(H,14,15). The van der Waals surface area contributed by atoms with E-state index in [2.05, 4.69) is 5.32 Å². The summed E-state index contributed by atoms with van der Waals surface area (Å²) in [6, 6.07) is 1.93. The number of carbonyl (C=O) groups excluding carboxylic acids is 2. The van der Waals surface area contributed by atoms with Gasteiger partial charge in [-0.25, -0.2) is 4.79 Å². The lowest BCUT2D eigenvalue weighted by molar-refractivity contribution is -0.119. The fourth-order valence-electron chi connectivity index (χ4n) is 0.914. The van der Waals surface area contributed by atoms with Crippen LogP contribution in [0.15, 0.2) is 12.1 Å². The number of nitrogens with one attached hydrogen (secondary N) is 1. The van der Waals surface area contributed by atoms with Crippen LogP contribution in [0, 0.1) is 0 Å². The molecule has 0 aliphatic heterocycles. The van der Waals surface area contributed by atoms with Gasteiger partial charge in [0.05, 0.1) is 4.88 Å². The molecule has 7 heteroatoms. The molecule has 1 heterocycles. The van der Waals surface area contributed by atoms with Gasteiger partial charge in [-0.3, -0.25) is 9.59 Å². The normalized spacial score (nSPS) is 11.8. The molecule has 0 aliphatic carbocycles. The van der Waals surface area contributed by atoms with Crippen LogP contribution >= 0.6 is 11.3 Å². The van der Waals surface area contributed by atoms with E-state index in [0.717, 1.165) is 11.3 Å². The number of carboxylic acids is 1. The molecule has 1 atom stereocenters. The summed E-state index contributed by atoms with van der Waals surface area (Å²) in [6.07, 6.45) is 0. The summed E-state index contributed by atoms with van der Waals surface area (Å²) < 4.78 is 0. The number of amides is 2. The van der Waals surface area contributed by atoms with Gasteiger partial charge in [0.2, 0.25) is 5.91 Å². The zero-order valence-electron chi connectivity index (χ0n) is 8.39. The van der Waals surface area contributed by atoms with Crippen molar-refractivity contribution in [1.29, 1.82) is 0 Å². The third kappa shape index (κ3) is 2.80. The summed E-state index contributed by atoms with van der Waals surface area (Å²) in [5.41, 5.74) is 4.97. The molecule has 0 spiro atoms. The molecule has 2 amide bonds. The number of nitrogens with two attached hydrogens (primary N) is 1. The lowest BCUT2D eigenvalue weighted by Crippen LogP contribution is -2.41. The van der Waals surface area contributed by atoms with E-state index >= 15 is 0 Å². The highest BCUT2D eigenvalue weighted by Gasteiger charge is 2.16. The number of hydrogen-bond donors (Lipinski definition) is 3. The van der Waals surface area contributed by atoms with Crippen LogP contribution in [0.4, 0.5) is 0 Å². The maximum atomic E-state index is 11.5. The Morgan fingerprint density at radius 2 is 1.94 bits per heavy atom. The quantitative estimate of drug-likeness (QED) is 0.692. The molecule has 1 rings (SSSR count). The Morgan fingerprint density at radius 1 is 1.38 bits per heavy atom. The van der Waals surface area contributed by atoms with Crippen molar-refractivity contribution in [3.63, 3.8) is 0 Å². The Bertz CT molecular complexity index is 440. The van der Waals surface area contributed by atoms with Crippen LogP contribution in [-0.2, 0) is 4.79 Å². The van der Waals surface area contributed by atoms with E-state index in [4.69, 9.17) is 10.8 Å². The van der Waals surface area contributed by atoms with Gasteiger partial charge in [-0.15, -0.1) is 11.3 Å². The second-order valence-corrected chi connectivity index (χ2v) is 4.15. The third-order valence-electron chi connectivity index (χ3n) is 1.81. The van der Waals surface area contributed by atoms with Crippen LogP contribution in [0.2, 0.25) is 0 Å². The Hall–Kier alpha value is -1.89. The molecule has 6 nitrogen and oxygen atoms in total. The van der Waals surface area contributed by atoms with Crippen molar-refractivity contribution in [2.24, 2.45) is 5.73 Å². The molecule has 0 saturated carbocycles. The van der Waals surface area contributed by atoms with Crippen molar-refractivity contribution >= 4 is 29.1 Å². The minimum Gasteiger partial charge on any atom is -0.477 e. The predicted octanol–water partition coefficient (Wildman–Crippen LogP) is 0.0499. The second kappa shape index (κ2) is 4.75. The van der Waals surface area contributed by atoms with Crippen LogP contribution < -0.4 is 11.1 Å². The van der Waals surface area contributed by atoms with Crippen LogP contribution in [0.25, 0.3) is 0 Å². The monoisotopic (exact) mass is 242 g/mol. The molecule has 86 valence electrons. The second-order valence-electron chi connectivity index (χ2n) is 3.07. The Morgan fingerprint density at radius 3 is 2.38 bits per heavy atom. The molecule has 4 N–H and O–H groups in total. The lowest BCUT2D eigenvalue weighted by Gasteiger charge is -2.08. The van der Waals surface area contributed by atoms with Gasteiger partial charge in [-0.2, -0.15) is 0 Å². The molecule has 0 radical (unpaired) electrons. The average molecular weight is 242 g/mol. The van der Waals surface area contributed by atoms with Gasteiger partial charge in [0.25, 0.3) is 5.91 Å². The first-order valence-electron chi connectivity index (χ1n) is 4.35. The number of rotatable bonds is 4. The zero-order valence-corrected chi connectivity index (χ0v) is 9.21. The maximum Gasteiger partial charge on any atom is 0.345 e. The first kappa shape index (κ1) is 12.2. The molecule has 16 heavy (non-hydrogen) atoms. The molecule has 0 aliphatic rings. The average Bonchev–Trinajstić information content (AvgIpc) is 2.65. The summed E-state index contributed by atoms with van der Waals surface area (Å²) in [5, 5.41) is 11.0. The number of thiophene rings is 1. The van der Waals surface area contributed by atoms with Gasteiger partial charge in [0.15, 0.2) is 0 Å². The third-order valence-corrected chi connectivity index (χ3v) is 2.89. The minimum absolute atomic E-state index is 0.0666. The molecular weight excluding hydrogens is 232 g/mol. The van der Waals surface area contributed by atoms with E-state index < -0.39 is 23.8 Å². The van der Waals surface area contributed by atoms with E-state index in [-0.39, 0.29) is 9.75 Å². The van der Waals surface area contributed by atoms with Crippen LogP contribution in [0.1, 0.15) is 26.3 Å². The highest BCUT2D eigenvalue weighted by Crippen LogP contribution is 2.16. The van der Waals surface area contributed by atoms with Crippen LogP contribution in [0.5, 0.6) is 0 Å². The zero-order chi connectivity index (χ0) is 12.3. The first-order valence-corrected chi connectivity index (χ1v) is 5.16. The fraction of sp³-hybridized carbons (Fsp3) is 0.222. The van der Waals surface area contributed by atoms with Crippen molar-refractivity contribution in [2.45, 2.75) is 13.0 Å². The van der Waals surface area contributed by atoms with Gasteiger partial charge >= 0.3 is 5.97 Å². The molecule has 0 aromatic carbocycles. The molecule has 0 bridgehead atoms. The minimum atomic E-state index is -1.09. The molecule has 1 unspecified atom stereocenters. The van der Waals surface area contributed by atoms with Gasteiger partial charge in [-0.05, 0) is 19.1 Å². The number of carboxylic acid groups (broad SMARTS) is 1. The molecular formula is C9H10N2O4S. The van der Waals surface area contributed by atoms with Crippen LogP contribution in [-0.4, -0.2) is 28.9 Å². The smallest absolute Gasteiger partial charge is 0.345 e. The summed E-state index contributed by atoms with van der Waals surface area (Å²) in [6.45, 7) is 1.45. The van der Waals surface area contributed by atoms with Gasteiger partial charge in [0.1, 0.15) is 10.9 Å². The van der Waals surface area contributed by atoms with Gasteiger partial charge < -0.3 is 16.2 Å². The molecule has 1 aromatic rings. The largest absolute Gasteiger partial charge is 0.477 e. The van der Waals surface area contributed by atoms with Crippen molar-refractivity contribution in [1.82, 2.24) is 5.32 Å². The Balaban J connectivity index is 2.73. The predicted molar refractivity (Wildman–Crippen MR) is 57.4 cm³/mol. The van der Waals surface area contributed by atoms with Crippen molar-refractivity contribution in [3.05, 3.63) is 21.9 Å². The van der Waals surface area contributed by atoms with Gasteiger partial charge in [0, 0.05) is 0 Å². The highest BCUT2D eigenvalue weighted by molar-refractivity contribution is 7.15. The van der Waals surface area contributed by atoms with E-state index in [9.17, 15) is 14.4 Å². The van der Waals surface area contributed by atoms with Crippen molar-refractivity contribution in [3.8, 4) is 0 Å². The number of carbonyl (C=O) groups is 3. The fourth-order valence-corrected chi connectivity index (χ4v) is 1.66. The SMILES string of the molecule is CC(NC(=O)c1ccc(C(=O)O)s1)C(N)=O. The van der Waals surface area contributed by atoms with E-state index in [1.165, 1.54) is 19.1 Å². The van der Waals surface area contributed by atoms with E-state index in [1.807, 2.05) is 0 Å².